The molecule has 4 nitrogen and oxygen atoms in total. The van der Waals surface area contributed by atoms with E-state index in [-0.39, 0.29) is 6.04 Å². The van der Waals surface area contributed by atoms with Crippen molar-refractivity contribution in [3.05, 3.63) is 0 Å². The molecule has 0 amide bonds. The van der Waals surface area contributed by atoms with Crippen LogP contribution in [0.2, 0.25) is 0 Å². The predicted molar refractivity (Wildman–Crippen MR) is 42.6 cm³/mol. The Hall–Kier alpha value is -0.900. The van der Waals surface area contributed by atoms with Gasteiger partial charge in [-0.25, -0.2) is 0 Å². The van der Waals surface area contributed by atoms with Crippen LogP contribution in [-0.4, -0.2) is 44.4 Å². The van der Waals surface area contributed by atoms with Crippen molar-refractivity contribution in [2.45, 2.75) is 12.5 Å². The lowest BCUT2D eigenvalue weighted by atomic mass is 10.1. The maximum atomic E-state index is 11.2. The van der Waals surface area contributed by atoms with Gasteiger partial charge in [0.25, 0.3) is 0 Å². The van der Waals surface area contributed by atoms with E-state index in [1.807, 2.05) is 19.0 Å². The average molecular weight is 171 g/mol. The Bertz CT molecular complexity index is 214. The van der Waals surface area contributed by atoms with Gasteiger partial charge in [-0.05, 0) is 20.5 Å². The van der Waals surface area contributed by atoms with Crippen molar-refractivity contribution in [2.24, 2.45) is 5.41 Å². The maximum absolute atomic E-state index is 11.2. The molecule has 0 spiro atoms. The van der Waals surface area contributed by atoms with Gasteiger partial charge in [0.2, 0.25) is 0 Å². The van der Waals surface area contributed by atoms with Gasteiger partial charge in [0.1, 0.15) is 11.7 Å². The second-order valence-corrected chi connectivity index (χ2v) is 3.33. The van der Waals surface area contributed by atoms with Gasteiger partial charge >= 0.3 is 5.97 Å². The van der Waals surface area contributed by atoms with Crippen LogP contribution in [0.5, 0.6) is 0 Å². The molecule has 0 heterocycles. The number of hydrogen-bond acceptors (Lipinski definition) is 4. The first-order chi connectivity index (χ1) is 5.58. The fourth-order valence-electron chi connectivity index (χ4n) is 1.49. The molecule has 2 atom stereocenters. The molecular weight excluding hydrogens is 158 g/mol. The molecule has 1 aliphatic rings. The van der Waals surface area contributed by atoms with Crippen LogP contribution in [0.3, 0.4) is 0 Å². The topological polar surface area (TPSA) is 46.6 Å². The molecule has 0 saturated heterocycles. The number of esters is 1. The number of ether oxygens (including phenoxy) is 1. The lowest BCUT2D eigenvalue weighted by Gasteiger charge is -2.12. The highest BCUT2D eigenvalue weighted by Crippen LogP contribution is 2.47. The molecule has 0 aliphatic heterocycles. The number of hydrogen-bond donors (Lipinski definition) is 0. The summed E-state index contributed by atoms with van der Waals surface area (Å²) in [4.78, 5) is 23.7. The lowest BCUT2D eigenvalue weighted by molar-refractivity contribution is -0.149. The van der Waals surface area contributed by atoms with E-state index in [0.29, 0.717) is 12.7 Å². The Morgan fingerprint density at radius 1 is 1.67 bits per heavy atom. The van der Waals surface area contributed by atoms with E-state index in [2.05, 4.69) is 4.74 Å². The van der Waals surface area contributed by atoms with E-state index >= 15 is 0 Å². The van der Waals surface area contributed by atoms with Crippen molar-refractivity contribution in [1.82, 2.24) is 4.90 Å². The second kappa shape index (κ2) is 2.86. The summed E-state index contributed by atoms with van der Waals surface area (Å²) < 4.78 is 4.55. The molecule has 0 bridgehead atoms. The van der Waals surface area contributed by atoms with E-state index in [1.165, 1.54) is 7.11 Å². The van der Waals surface area contributed by atoms with E-state index in [9.17, 15) is 9.59 Å². The third kappa shape index (κ3) is 1.12. The SMILES string of the molecule is COC(=O)C1(C=O)CC1N(C)C. The summed E-state index contributed by atoms with van der Waals surface area (Å²) in [5, 5.41) is 0. The first-order valence-electron chi connectivity index (χ1n) is 3.79. The molecule has 0 aromatic carbocycles. The molecule has 2 unspecified atom stereocenters. The van der Waals surface area contributed by atoms with E-state index in [0.717, 1.165) is 0 Å². The molecule has 4 heteroatoms. The highest BCUT2D eigenvalue weighted by molar-refractivity contribution is 5.98. The van der Waals surface area contributed by atoms with Crippen LogP contribution in [0.1, 0.15) is 6.42 Å². The minimum Gasteiger partial charge on any atom is -0.468 e. The summed E-state index contributed by atoms with van der Waals surface area (Å²) >= 11 is 0. The van der Waals surface area contributed by atoms with Gasteiger partial charge in [-0.2, -0.15) is 0 Å². The van der Waals surface area contributed by atoms with Gasteiger partial charge in [0, 0.05) is 6.04 Å². The van der Waals surface area contributed by atoms with E-state index < -0.39 is 11.4 Å². The van der Waals surface area contributed by atoms with Crippen LogP contribution < -0.4 is 0 Å². The predicted octanol–water partition coefficient (Wildman–Crippen LogP) is -0.321. The van der Waals surface area contributed by atoms with Crippen LogP contribution in [-0.2, 0) is 14.3 Å². The number of methoxy groups -OCH3 is 1. The molecule has 0 aromatic rings. The average Bonchev–Trinajstić information content (AvgIpc) is 2.79. The molecule has 0 N–H and O–H groups in total. The van der Waals surface area contributed by atoms with Gasteiger partial charge in [-0.3, -0.25) is 4.79 Å². The quantitative estimate of drug-likeness (QED) is 0.331. The summed E-state index contributed by atoms with van der Waals surface area (Å²) in [7, 11) is 5.00. The van der Waals surface area contributed by atoms with Crippen LogP contribution >= 0.6 is 0 Å². The van der Waals surface area contributed by atoms with Gasteiger partial charge in [0.15, 0.2) is 0 Å². The summed E-state index contributed by atoms with van der Waals surface area (Å²) in [6.45, 7) is 0. The molecule has 1 saturated carbocycles. The highest BCUT2D eigenvalue weighted by Gasteiger charge is 2.62. The number of carbonyl (C=O) groups excluding carboxylic acids is 2. The molecular formula is C8H13NO3. The Morgan fingerprint density at radius 2 is 2.25 bits per heavy atom. The van der Waals surface area contributed by atoms with Crippen molar-refractivity contribution in [1.29, 1.82) is 0 Å². The minimum absolute atomic E-state index is 0.0162. The Balaban J connectivity index is 2.71. The number of nitrogens with zero attached hydrogens (tertiary/aromatic N) is 1. The van der Waals surface area contributed by atoms with Crippen molar-refractivity contribution < 1.29 is 14.3 Å². The Morgan fingerprint density at radius 3 is 2.50 bits per heavy atom. The highest BCUT2D eigenvalue weighted by atomic mass is 16.5. The standard InChI is InChI=1S/C8H13NO3/c1-9(2)6-4-8(6,5-10)7(11)12-3/h5-6H,4H2,1-3H3. The van der Waals surface area contributed by atoms with Gasteiger partial charge in [-0.15, -0.1) is 0 Å². The van der Waals surface area contributed by atoms with Crippen molar-refractivity contribution in [3.8, 4) is 0 Å². The second-order valence-electron chi connectivity index (χ2n) is 3.33. The monoisotopic (exact) mass is 171 g/mol. The van der Waals surface area contributed by atoms with E-state index in [4.69, 9.17) is 0 Å². The summed E-state index contributed by atoms with van der Waals surface area (Å²) in [5.41, 5.74) is -0.877. The third-order valence-corrected chi connectivity index (χ3v) is 2.36. The fraction of sp³-hybridized carbons (Fsp3) is 0.750. The third-order valence-electron chi connectivity index (χ3n) is 2.36. The van der Waals surface area contributed by atoms with Crippen LogP contribution in [0.4, 0.5) is 0 Å². The normalized spacial score (nSPS) is 33.2. The molecule has 1 fully saturated rings. The zero-order valence-corrected chi connectivity index (χ0v) is 7.53. The first kappa shape index (κ1) is 9.19. The molecule has 0 aromatic heterocycles. The van der Waals surface area contributed by atoms with E-state index in [1.54, 1.807) is 0 Å². The lowest BCUT2D eigenvalue weighted by Crippen LogP contribution is -2.29. The molecule has 1 rings (SSSR count). The number of carbonyl (C=O) groups is 2. The van der Waals surface area contributed by atoms with Gasteiger partial charge < -0.3 is 14.4 Å². The molecule has 0 radical (unpaired) electrons. The summed E-state index contributed by atoms with van der Waals surface area (Å²) in [6, 6.07) is 0.0162. The molecule has 68 valence electrons. The zero-order chi connectivity index (χ0) is 9.35. The van der Waals surface area contributed by atoms with Crippen molar-refractivity contribution in [3.63, 3.8) is 0 Å². The van der Waals surface area contributed by atoms with Crippen LogP contribution in [0.25, 0.3) is 0 Å². The Labute approximate surface area is 71.5 Å². The smallest absolute Gasteiger partial charge is 0.320 e. The minimum atomic E-state index is -0.877. The van der Waals surface area contributed by atoms with Gasteiger partial charge in [0.05, 0.1) is 7.11 Å². The number of aldehydes is 1. The maximum Gasteiger partial charge on any atom is 0.320 e. The van der Waals surface area contributed by atoms with Crippen LogP contribution in [0.15, 0.2) is 0 Å². The fourth-order valence-corrected chi connectivity index (χ4v) is 1.49. The zero-order valence-electron chi connectivity index (χ0n) is 7.53. The molecule has 1 aliphatic carbocycles. The first-order valence-corrected chi connectivity index (χ1v) is 3.79. The van der Waals surface area contributed by atoms with Gasteiger partial charge in [-0.1, -0.05) is 0 Å². The molecule has 12 heavy (non-hydrogen) atoms. The summed E-state index contributed by atoms with van der Waals surface area (Å²) in [5.74, 6) is -0.420. The summed E-state index contributed by atoms with van der Waals surface area (Å²) in [6.07, 6.45) is 1.28. The number of rotatable bonds is 3. The van der Waals surface area contributed by atoms with Crippen molar-refractivity contribution in [2.75, 3.05) is 21.2 Å². The largest absolute Gasteiger partial charge is 0.468 e. The van der Waals surface area contributed by atoms with Crippen LogP contribution in [0, 0.1) is 5.41 Å². The Kier molecular flexibility index (Phi) is 2.19. The van der Waals surface area contributed by atoms with Crippen molar-refractivity contribution >= 4 is 12.3 Å².